The van der Waals surface area contributed by atoms with Gasteiger partial charge in [0, 0.05) is 6.54 Å². The smallest absolute Gasteiger partial charge is 0.416 e. The van der Waals surface area contributed by atoms with E-state index in [1.165, 1.54) is 12.1 Å². The Morgan fingerprint density at radius 1 is 1.12 bits per heavy atom. The lowest BCUT2D eigenvalue weighted by molar-refractivity contribution is -0.137. The highest BCUT2D eigenvalue weighted by molar-refractivity contribution is 6.43. The van der Waals surface area contributed by atoms with Crippen molar-refractivity contribution in [1.82, 2.24) is 15.1 Å². The second-order valence-electron chi connectivity index (χ2n) is 7.32. The molecule has 33 heavy (non-hydrogen) atoms. The minimum Gasteiger partial charge on any atom is -0.491 e. The van der Waals surface area contributed by atoms with Gasteiger partial charge in [-0.05, 0) is 44.2 Å². The maximum Gasteiger partial charge on any atom is 0.416 e. The Morgan fingerprint density at radius 2 is 1.82 bits per heavy atom. The molecule has 0 aliphatic heterocycles. The first kappa shape index (κ1) is 24.0. The quantitative estimate of drug-likeness (QED) is 0.397. The number of aliphatic hydroxyl groups excluding tert-OH is 1. The topological polar surface area (TPSA) is 93.5 Å². The van der Waals surface area contributed by atoms with Crippen LogP contribution in [-0.2, 0) is 11.0 Å². The lowest BCUT2D eigenvalue weighted by atomic mass is 10.1. The summed E-state index contributed by atoms with van der Waals surface area (Å²) in [6.45, 7) is 2.59. The average molecular weight is 461 g/mol. The van der Waals surface area contributed by atoms with Gasteiger partial charge in [0.15, 0.2) is 0 Å². The van der Waals surface area contributed by atoms with Gasteiger partial charge in [-0.2, -0.15) is 18.3 Å². The Bertz CT molecular complexity index is 1140. The number of ether oxygens (including phenoxy) is 1. The number of hydrogen-bond donors (Lipinski definition) is 2. The van der Waals surface area contributed by atoms with Gasteiger partial charge in [0.1, 0.15) is 18.5 Å². The highest BCUT2D eigenvalue weighted by atomic mass is 19.4. The number of alkyl halides is 3. The number of Topliss-reactive ketones (excluding diaryl/α,β-unsaturated/α-hetero) is 1. The van der Waals surface area contributed by atoms with Crippen molar-refractivity contribution >= 4 is 11.7 Å². The van der Waals surface area contributed by atoms with Crippen molar-refractivity contribution in [2.45, 2.75) is 26.1 Å². The molecular formula is C23H22F3N3O4. The maximum absolute atomic E-state index is 12.8. The summed E-state index contributed by atoms with van der Waals surface area (Å²) in [5, 5.41) is 16.7. The number of nitrogens with one attached hydrogen (secondary N) is 1. The van der Waals surface area contributed by atoms with E-state index < -0.39 is 29.5 Å². The second kappa shape index (κ2) is 9.86. The summed E-state index contributed by atoms with van der Waals surface area (Å²) in [4.78, 5) is 25.0. The molecule has 0 spiro atoms. The van der Waals surface area contributed by atoms with E-state index >= 15 is 0 Å². The molecule has 1 aromatic heterocycles. The molecule has 2 aromatic carbocycles. The van der Waals surface area contributed by atoms with E-state index in [9.17, 15) is 27.9 Å². The molecule has 0 radical (unpaired) electrons. The molecule has 0 aliphatic carbocycles. The van der Waals surface area contributed by atoms with Crippen LogP contribution in [0.3, 0.4) is 0 Å². The Kier molecular flexibility index (Phi) is 7.17. The second-order valence-corrected chi connectivity index (χ2v) is 7.32. The highest BCUT2D eigenvalue weighted by Gasteiger charge is 2.30. The van der Waals surface area contributed by atoms with Gasteiger partial charge >= 0.3 is 6.18 Å². The Hall–Kier alpha value is -3.66. The summed E-state index contributed by atoms with van der Waals surface area (Å²) in [7, 11) is 0. The predicted molar refractivity (Wildman–Crippen MR) is 113 cm³/mol. The summed E-state index contributed by atoms with van der Waals surface area (Å²) in [6, 6.07) is 13.3. The van der Waals surface area contributed by atoms with Crippen LogP contribution in [0.5, 0.6) is 5.75 Å². The van der Waals surface area contributed by atoms with Crippen molar-refractivity contribution in [3.63, 3.8) is 0 Å². The summed E-state index contributed by atoms with van der Waals surface area (Å²) in [5.41, 5.74) is 0.887. The van der Waals surface area contributed by atoms with Gasteiger partial charge in [0.2, 0.25) is 0 Å². The first-order valence-corrected chi connectivity index (χ1v) is 10.00. The number of aryl methyl sites for hydroxylation is 1. The molecule has 2 N–H and O–H groups in total. The van der Waals surface area contributed by atoms with E-state index in [0.29, 0.717) is 11.4 Å². The van der Waals surface area contributed by atoms with Crippen molar-refractivity contribution in [3.05, 3.63) is 77.1 Å². The fourth-order valence-corrected chi connectivity index (χ4v) is 3.21. The van der Waals surface area contributed by atoms with E-state index in [0.717, 1.165) is 17.8 Å². The Morgan fingerprint density at radius 3 is 2.48 bits per heavy atom. The average Bonchev–Trinajstić information content (AvgIpc) is 3.09. The van der Waals surface area contributed by atoms with E-state index in [4.69, 9.17) is 4.74 Å². The number of aromatic nitrogens is 2. The molecule has 0 aliphatic rings. The Balaban J connectivity index is 1.58. The van der Waals surface area contributed by atoms with Crippen LogP contribution < -0.4 is 10.1 Å². The molecule has 3 rings (SSSR count). The van der Waals surface area contributed by atoms with Gasteiger partial charge in [-0.3, -0.25) is 9.59 Å². The van der Waals surface area contributed by atoms with Crippen molar-refractivity contribution in [2.75, 3.05) is 13.2 Å². The predicted octanol–water partition coefficient (Wildman–Crippen LogP) is 3.25. The molecule has 1 atom stereocenters. The van der Waals surface area contributed by atoms with Crippen LogP contribution in [0.4, 0.5) is 13.2 Å². The van der Waals surface area contributed by atoms with Crippen LogP contribution in [0.1, 0.15) is 27.3 Å². The van der Waals surface area contributed by atoms with Crippen LogP contribution in [0.15, 0.2) is 54.6 Å². The summed E-state index contributed by atoms with van der Waals surface area (Å²) >= 11 is 0. The largest absolute Gasteiger partial charge is 0.491 e. The van der Waals surface area contributed by atoms with Gasteiger partial charge < -0.3 is 15.2 Å². The minimum atomic E-state index is -4.52. The molecule has 10 heteroatoms. The number of carbonyl (C=O) groups is 2. The summed E-state index contributed by atoms with van der Waals surface area (Å²) < 4.78 is 45.0. The summed E-state index contributed by atoms with van der Waals surface area (Å²) in [6.07, 6.45) is -5.76. The molecular weight excluding hydrogens is 439 g/mol. The van der Waals surface area contributed by atoms with Crippen molar-refractivity contribution in [2.24, 2.45) is 0 Å². The third-order valence-corrected chi connectivity index (χ3v) is 4.83. The number of benzene rings is 2. The van der Waals surface area contributed by atoms with E-state index in [1.54, 1.807) is 18.5 Å². The molecule has 3 aromatic rings. The fourth-order valence-electron chi connectivity index (χ4n) is 3.21. The number of para-hydroxylation sites is 1. The third-order valence-electron chi connectivity index (χ3n) is 4.83. The number of nitrogens with zero attached hydrogens (tertiary/aromatic N) is 2. The normalized spacial score (nSPS) is 12.3. The van der Waals surface area contributed by atoms with Crippen molar-refractivity contribution < 1.29 is 32.6 Å². The van der Waals surface area contributed by atoms with E-state index in [2.05, 4.69) is 10.4 Å². The van der Waals surface area contributed by atoms with E-state index in [-0.39, 0.29) is 24.5 Å². The number of aliphatic hydroxyl groups is 1. The lowest BCUT2D eigenvalue weighted by Crippen LogP contribution is -2.39. The van der Waals surface area contributed by atoms with Crippen LogP contribution in [0.2, 0.25) is 0 Å². The van der Waals surface area contributed by atoms with Gasteiger partial charge in [0.25, 0.3) is 11.7 Å². The maximum atomic E-state index is 12.8. The fraction of sp³-hybridized carbons (Fsp3) is 0.261. The van der Waals surface area contributed by atoms with Crippen LogP contribution in [0, 0.1) is 13.8 Å². The van der Waals surface area contributed by atoms with Crippen LogP contribution in [0.25, 0.3) is 5.69 Å². The number of carbonyl (C=O) groups excluding carboxylic acids is 2. The number of ketones is 1. The molecule has 7 nitrogen and oxygen atoms in total. The number of halogens is 3. The molecule has 1 amide bonds. The molecule has 1 unspecified atom stereocenters. The van der Waals surface area contributed by atoms with Gasteiger partial charge in [-0.1, -0.05) is 24.3 Å². The molecule has 0 fully saturated rings. The SMILES string of the molecule is Cc1nn(-c2ccccc2)c(C)c1C(=O)C(=O)NCC(O)COc1cccc(C(F)(F)F)c1. The zero-order valence-corrected chi connectivity index (χ0v) is 17.9. The van der Waals surface area contributed by atoms with Crippen molar-refractivity contribution in [1.29, 1.82) is 0 Å². The highest BCUT2D eigenvalue weighted by Crippen LogP contribution is 2.31. The number of hydrogen-bond acceptors (Lipinski definition) is 5. The standard InChI is InChI=1S/C23H22F3N3O4/c1-14-20(15(2)29(28-14)17-8-4-3-5-9-17)21(31)22(32)27-12-18(30)13-33-19-10-6-7-16(11-19)23(24,25)26/h3-11,18,30H,12-13H2,1-2H3,(H,27,32). The Labute approximate surface area is 187 Å². The van der Waals surface area contributed by atoms with Crippen LogP contribution in [-0.4, -0.2) is 45.8 Å². The molecule has 0 saturated carbocycles. The first-order chi connectivity index (χ1) is 15.6. The molecule has 1 heterocycles. The number of rotatable bonds is 8. The van der Waals surface area contributed by atoms with Gasteiger partial charge in [-0.15, -0.1) is 0 Å². The van der Waals surface area contributed by atoms with Crippen LogP contribution >= 0.6 is 0 Å². The summed E-state index contributed by atoms with van der Waals surface area (Å²) in [5.74, 6) is -1.82. The third kappa shape index (κ3) is 5.78. The van der Waals surface area contributed by atoms with Crippen molar-refractivity contribution in [3.8, 4) is 11.4 Å². The minimum absolute atomic E-state index is 0.0779. The lowest BCUT2D eigenvalue weighted by Gasteiger charge is -2.14. The van der Waals surface area contributed by atoms with E-state index in [1.807, 2.05) is 30.3 Å². The number of amides is 1. The zero-order chi connectivity index (χ0) is 24.2. The molecule has 174 valence electrons. The monoisotopic (exact) mass is 461 g/mol. The molecule has 0 bridgehead atoms. The van der Waals surface area contributed by atoms with Gasteiger partial charge in [0.05, 0.1) is 28.2 Å². The van der Waals surface area contributed by atoms with Gasteiger partial charge in [-0.25, -0.2) is 4.68 Å². The zero-order valence-electron chi connectivity index (χ0n) is 17.9. The molecule has 0 saturated heterocycles. The first-order valence-electron chi connectivity index (χ1n) is 10.00.